The van der Waals surface area contributed by atoms with Gasteiger partial charge in [0.05, 0.1) is 0 Å². The van der Waals surface area contributed by atoms with Crippen LogP contribution in [0.25, 0.3) is 5.57 Å². The monoisotopic (exact) mass is 220 g/mol. The Morgan fingerprint density at radius 2 is 2.00 bits per heavy atom. The van der Waals surface area contributed by atoms with Crippen molar-refractivity contribution in [3.63, 3.8) is 0 Å². The highest BCUT2D eigenvalue weighted by atomic mass is 19.1. The molecule has 1 aliphatic heterocycles. The van der Waals surface area contributed by atoms with E-state index in [9.17, 15) is 4.39 Å². The van der Waals surface area contributed by atoms with Gasteiger partial charge >= 0.3 is 0 Å². The van der Waals surface area contributed by atoms with Gasteiger partial charge in [-0.2, -0.15) is 0 Å². The zero-order chi connectivity index (χ0) is 11.4. The van der Waals surface area contributed by atoms with E-state index in [2.05, 4.69) is 16.8 Å². The standard InChI is InChI=1S/C13H17FN2/c1-11(10-16-8-6-15-7-9-16)12-4-2-3-5-13(12)14/h2-5,15H,1,6-10H2. The lowest BCUT2D eigenvalue weighted by atomic mass is 10.1. The highest BCUT2D eigenvalue weighted by Crippen LogP contribution is 2.17. The van der Waals surface area contributed by atoms with Crippen LogP contribution in [0.5, 0.6) is 0 Å². The lowest BCUT2D eigenvalue weighted by molar-refractivity contribution is 0.268. The summed E-state index contributed by atoms with van der Waals surface area (Å²) in [5.74, 6) is -0.178. The molecule has 0 unspecified atom stereocenters. The maximum atomic E-state index is 13.5. The molecule has 1 saturated heterocycles. The summed E-state index contributed by atoms with van der Waals surface area (Å²) in [6.07, 6.45) is 0. The summed E-state index contributed by atoms with van der Waals surface area (Å²) in [5, 5.41) is 3.29. The SMILES string of the molecule is C=C(CN1CCNCC1)c1ccccc1F. The first kappa shape index (κ1) is 11.3. The zero-order valence-corrected chi connectivity index (χ0v) is 9.38. The number of halogens is 1. The van der Waals surface area contributed by atoms with Gasteiger partial charge in [-0.15, -0.1) is 0 Å². The second-order valence-corrected chi connectivity index (χ2v) is 4.11. The molecule has 0 radical (unpaired) electrons. The van der Waals surface area contributed by atoms with Crippen molar-refractivity contribution in [3.8, 4) is 0 Å². The van der Waals surface area contributed by atoms with Gasteiger partial charge in [0.2, 0.25) is 0 Å². The Bertz CT molecular complexity index is 370. The van der Waals surface area contributed by atoms with Gasteiger partial charge in [-0.25, -0.2) is 4.39 Å². The number of nitrogens with zero attached hydrogens (tertiary/aromatic N) is 1. The summed E-state index contributed by atoms with van der Waals surface area (Å²) < 4.78 is 13.5. The van der Waals surface area contributed by atoms with Crippen LogP contribution in [0.1, 0.15) is 5.56 Å². The van der Waals surface area contributed by atoms with E-state index >= 15 is 0 Å². The predicted octanol–water partition coefficient (Wildman–Crippen LogP) is 1.74. The number of benzene rings is 1. The molecule has 0 spiro atoms. The zero-order valence-electron chi connectivity index (χ0n) is 9.38. The Labute approximate surface area is 95.8 Å². The number of rotatable bonds is 3. The second-order valence-electron chi connectivity index (χ2n) is 4.11. The topological polar surface area (TPSA) is 15.3 Å². The minimum absolute atomic E-state index is 0.178. The predicted molar refractivity (Wildman–Crippen MR) is 64.7 cm³/mol. The average molecular weight is 220 g/mol. The van der Waals surface area contributed by atoms with Crippen molar-refractivity contribution in [1.29, 1.82) is 0 Å². The number of piperazine rings is 1. The van der Waals surface area contributed by atoms with E-state index in [0.29, 0.717) is 5.56 Å². The molecule has 0 bridgehead atoms. The van der Waals surface area contributed by atoms with Crippen LogP contribution in [0.4, 0.5) is 4.39 Å². The molecular weight excluding hydrogens is 203 g/mol. The van der Waals surface area contributed by atoms with Crippen LogP contribution in [0.2, 0.25) is 0 Å². The quantitative estimate of drug-likeness (QED) is 0.834. The van der Waals surface area contributed by atoms with E-state index in [-0.39, 0.29) is 5.82 Å². The van der Waals surface area contributed by atoms with Crippen molar-refractivity contribution in [2.75, 3.05) is 32.7 Å². The Morgan fingerprint density at radius 1 is 1.31 bits per heavy atom. The molecule has 1 aliphatic rings. The Kier molecular flexibility index (Phi) is 3.70. The molecule has 0 saturated carbocycles. The van der Waals surface area contributed by atoms with Crippen molar-refractivity contribution >= 4 is 5.57 Å². The molecule has 0 aliphatic carbocycles. The largest absolute Gasteiger partial charge is 0.314 e. The van der Waals surface area contributed by atoms with Gasteiger partial charge in [0.15, 0.2) is 0 Å². The second kappa shape index (κ2) is 5.23. The smallest absolute Gasteiger partial charge is 0.130 e. The molecule has 0 aromatic heterocycles. The van der Waals surface area contributed by atoms with Crippen molar-refractivity contribution < 1.29 is 4.39 Å². The number of hydrogen-bond acceptors (Lipinski definition) is 2. The lowest BCUT2D eigenvalue weighted by Crippen LogP contribution is -2.43. The molecule has 86 valence electrons. The van der Waals surface area contributed by atoms with Gasteiger partial charge in [-0.3, -0.25) is 4.90 Å². The van der Waals surface area contributed by atoms with Gasteiger partial charge in [-0.1, -0.05) is 24.8 Å². The fraction of sp³-hybridized carbons (Fsp3) is 0.385. The van der Waals surface area contributed by atoms with Gasteiger partial charge < -0.3 is 5.32 Å². The van der Waals surface area contributed by atoms with E-state index in [4.69, 9.17) is 0 Å². The number of nitrogens with one attached hydrogen (secondary N) is 1. The molecule has 1 aromatic carbocycles. The van der Waals surface area contributed by atoms with Crippen LogP contribution >= 0.6 is 0 Å². The van der Waals surface area contributed by atoms with Crippen LogP contribution in [-0.4, -0.2) is 37.6 Å². The molecular formula is C13H17FN2. The average Bonchev–Trinajstić information content (AvgIpc) is 2.31. The van der Waals surface area contributed by atoms with Crippen molar-refractivity contribution in [2.45, 2.75) is 0 Å². The summed E-state index contributed by atoms with van der Waals surface area (Å²) >= 11 is 0. The molecule has 3 heteroatoms. The molecule has 1 heterocycles. The first-order valence-corrected chi connectivity index (χ1v) is 5.63. The first-order chi connectivity index (χ1) is 7.77. The van der Waals surface area contributed by atoms with Gasteiger partial charge in [0, 0.05) is 38.3 Å². The summed E-state index contributed by atoms with van der Waals surface area (Å²) in [4.78, 5) is 2.30. The minimum Gasteiger partial charge on any atom is -0.314 e. The summed E-state index contributed by atoms with van der Waals surface area (Å²) in [7, 11) is 0. The van der Waals surface area contributed by atoms with Crippen molar-refractivity contribution in [3.05, 3.63) is 42.2 Å². The van der Waals surface area contributed by atoms with Crippen LogP contribution in [0.15, 0.2) is 30.8 Å². The normalized spacial score (nSPS) is 17.3. The van der Waals surface area contributed by atoms with Crippen LogP contribution in [-0.2, 0) is 0 Å². The van der Waals surface area contributed by atoms with E-state index < -0.39 is 0 Å². The Balaban J connectivity index is 2.00. The van der Waals surface area contributed by atoms with Crippen LogP contribution in [0.3, 0.4) is 0 Å². The minimum atomic E-state index is -0.178. The van der Waals surface area contributed by atoms with E-state index in [1.807, 2.05) is 6.07 Å². The number of hydrogen-bond donors (Lipinski definition) is 1. The van der Waals surface area contributed by atoms with E-state index in [0.717, 1.165) is 38.3 Å². The highest BCUT2D eigenvalue weighted by Gasteiger charge is 2.12. The third kappa shape index (κ3) is 2.68. The fourth-order valence-corrected chi connectivity index (χ4v) is 1.97. The molecule has 1 aromatic rings. The van der Waals surface area contributed by atoms with Gasteiger partial charge in [-0.05, 0) is 11.6 Å². The third-order valence-corrected chi connectivity index (χ3v) is 2.88. The molecule has 1 fully saturated rings. The lowest BCUT2D eigenvalue weighted by Gasteiger charge is -2.27. The third-order valence-electron chi connectivity index (χ3n) is 2.88. The van der Waals surface area contributed by atoms with Crippen LogP contribution in [0, 0.1) is 5.82 Å². The molecule has 16 heavy (non-hydrogen) atoms. The summed E-state index contributed by atoms with van der Waals surface area (Å²) in [6, 6.07) is 6.83. The maximum Gasteiger partial charge on any atom is 0.130 e. The van der Waals surface area contributed by atoms with E-state index in [1.165, 1.54) is 6.07 Å². The molecule has 1 N–H and O–H groups in total. The van der Waals surface area contributed by atoms with Crippen LogP contribution < -0.4 is 5.32 Å². The summed E-state index contributed by atoms with van der Waals surface area (Å²) in [5.41, 5.74) is 1.50. The van der Waals surface area contributed by atoms with Gasteiger partial charge in [0.25, 0.3) is 0 Å². The first-order valence-electron chi connectivity index (χ1n) is 5.63. The van der Waals surface area contributed by atoms with E-state index in [1.54, 1.807) is 12.1 Å². The molecule has 2 rings (SSSR count). The Hall–Kier alpha value is -1.19. The molecule has 2 nitrogen and oxygen atoms in total. The van der Waals surface area contributed by atoms with Crippen molar-refractivity contribution in [2.24, 2.45) is 0 Å². The highest BCUT2D eigenvalue weighted by molar-refractivity contribution is 5.65. The molecule has 0 atom stereocenters. The Morgan fingerprint density at radius 3 is 2.69 bits per heavy atom. The van der Waals surface area contributed by atoms with Gasteiger partial charge in [0.1, 0.15) is 5.82 Å². The fourth-order valence-electron chi connectivity index (χ4n) is 1.97. The summed E-state index contributed by atoms with van der Waals surface area (Å²) in [6.45, 7) is 8.75. The maximum absolute atomic E-state index is 13.5. The molecule has 0 amide bonds. The van der Waals surface area contributed by atoms with Crippen molar-refractivity contribution in [1.82, 2.24) is 10.2 Å².